The quantitative estimate of drug-likeness (QED) is 0.227. The average Bonchev–Trinajstić information content (AvgIpc) is 3.13. The molecule has 0 atom stereocenters. The summed E-state index contributed by atoms with van der Waals surface area (Å²) in [6, 6.07) is 16.8. The minimum atomic E-state index is -0.189. The molecule has 0 spiro atoms. The molecule has 3 nitrogen and oxygen atoms in total. The number of benzene rings is 2. The van der Waals surface area contributed by atoms with Crippen molar-refractivity contribution >= 4 is 62.0 Å². The number of furan rings is 1. The molecule has 0 saturated heterocycles. The van der Waals surface area contributed by atoms with E-state index in [1.165, 1.54) is 6.08 Å². The Morgan fingerprint density at radius 3 is 2.77 bits per heavy atom. The Bertz CT molecular complexity index is 1250. The Morgan fingerprint density at radius 1 is 1.10 bits per heavy atom. The Hall–Kier alpha value is -2.11. The molecule has 7 heteroatoms. The van der Waals surface area contributed by atoms with Crippen molar-refractivity contribution < 1.29 is 26.2 Å². The van der Waals surface area contributed by atoms with Crippen molar-refractivity contribution in [3.8, 4) is 0 Å². The number of ketones is 1. The molecule has 0 saturated carbocycles. The molecule has 4 aromatic rings. The van der Waals surface area contributed by atoms with Gasteiger partial charge in [-0.2, -0.15) is 0 Å². The molecule has 2 heterocycles. The molecule has 0 aliphatic rings. The summed E-state index contributed by atoms with van der Waals surface area (Å²) in [5.41, 5.74) is 2.49. The van der Waals surface area contributed by atoms with E-state index in [4.69, 9.17) is 27.6 Å². The molecule has 0 unspecified atom stereocenters. The number of carbonyl (C=O) groups is 1. The maximum absolute atomic E-state index is 12.5. The van der Waals surface area contributed by atoms with Gasteiger partial charge in [0.15, 0.2) is 24.7 Å². The van der Waals surface area contributed by atoms with Crippen molar-refractivity contribution in [1.29, 1.82) is 0 Å². The van der Waals surface area contributed by atoms with Crippen molar-refractivity contribution in [3.05, 3.63) is 104 Å². The first-order valence-corrected chi connectivity index (χ1v) is 10.4. The number of hydrogen-bond acceptors (Lipinski definition) is 2. The summed E-state index contributed by atoms with van der Waals surface area (Å²) >= 11 is 15.8. The molecule has 2 aromatic heterocycles. The van der Waals surface area contributed by atoms with E-state index in [2.05, 4.69) is 15.9 Å². The third-order valence-electron chi connectivity index (χ3n) is 4.41. The van der Waals surface area contributed by atoms with Crippen LogP contribution in [0.4, 0.5) is 0 Å². The standard InChI is InChI=1S/C23H15BrCl2NO2.ClH/c24-18-7-9-21-17(11-18)12-22(29-21)20(28)8-6-15-3-2-10-27(13-15)14-16-4-1-5-19(25)23(16)26;/h1-13H,14H2;1H/q+1;/p-1/b8-6+;. The number of carbonyl (C=O) groups excluding carboxylic acids is 1. The first kappa shape index (κ1) is 22.6. The predicted molar refractivity (Wildman–Crippen MR) is 119 cm³/mol. The third-order valence-corrected chi connectivity index (χ3v) is 5.77. The largest absolute Gasteiger partial charge is 1.00 e. The number of halogens is 4. The number of aromatic nitrogens is 1. The van der Waals surface area contributed by atoms with E-state index in [9.17, 15) is 4.79 Å². The molecule has 0 aliphatic heterocycles. The van der Waals surface area contributed by atoms with Gasteiger partial charge in [0.1, 0.15) is 5.58 Å². The Morgan fingerprint density at radius 2 is 1.93 bits per heavy atom. The molecular weight excluding hydrogens is 509 g/mol. The summed E-state index contributed by atoms with van der Waals surface area (Å²) in [6.45, 7) is 0.577. The van der Waals surface area contributed by atoms with E-state index in [0.29, 0.717) is 27.9 Å². The Labute approximate surface area is 198 Å². The van der Waals surface area contributed by atoms with Crippen LogP contribution in [0.15, 0.2) is 82.0 Å². The number of fused-ring (bicyclic) bond motifs is 1. The zero-order valence-corrected chi connectivity index (χ0v) is 19.3. The lowest BCUT2D eigenvalue weighted by Gasteiger charge is -2.03. The van der Waals surface area contributed by atoms with Crippen LogP contribution in [0, 0.1) is 0 Å². The zero-order valence-electron chi connectivity index (χ0n) is 15.5. The van der Waals surface area contributed by atoms with E-state index in [-0.39, 0.29) is 18.2 Å². The van der Waals surface area contributed by atoms with Crippen molar-refractivity contribution in [1.82, 2.24) is 0 Å². The van der Waals surface area contributed by atoms with Gasteiger partial charge >= 0.3 is 0 Å². The highest BCUT2D eigenvalue weighted by molar-refractivity contribution is 9.10. The SMILES string of the molecule is O=C(/C=C/c1ccc[n+](Cc2cccc(Cl)c2Cl)c1)c1cc2cc(Br)ccc2o1.[Cl-]. The summed E-state index contributed by atoms with van der Waals surface area (Å²) in [6.07, 6.45) is 7.16. The van der Waals surface area contributed by atoms with Gasteiger partial charge in [0.2, 0.25) is 5.78 Å². The number of allylic oxidation sites excluding steroid dienone is 1. The van der Waals surface area contributed by atoms with Crippen LogP contribution in [0.3, 0.4) is 0 Å². The molecule has 0 N–H and O–H groups in total. The van der Waals surface area contributed by atoms with Gasteiger partial charge in [0, 0.05) is 27.1 Å². The molecule has 4 rings (SSSR count). The molecule has 2 aromatic carbocycles. The predicted octanol–water partition coefficient (Wildman–Crippen LogP) is 3.74. The molecule has 0 radical (unpaired) electrons. The summed E-state index contributed by atoms with van der Waals surface area (Å²) < 4.78 is 8.57. The monoisotopic (exact) mass is 521 g/mol. The van der Waals surface area contributed by atoms with Gasteiger partial charge < -0.3 is 16.8 Å². The number of nitrogens with zero attached hydrogens (tertiary/aromatic N) is 1. The topological polar surface area (TPSA) is 34.1 Å². The van der Waals surface area contributed by atoms with E-state index >= 15 is 0 Å². The maximum atomic E-state index is 12.5. The van der Waals surface area contributed by atoms with Crippen LogP contribution in [-0.4, -0.2) is 5.78 Å². The molecule has 152 valence electrons. The molecule has 0 amide bonds. The van der Waals surface area contributed by atoms with Gasteiger partial charge in [-0.25, -0.2) is 4.57 Å². The number of rotatable bonds is 5. The third kappa shape index (κ3) is 5.13. The van der Waals surface area contributed by atoms with Gasteiger partial charge in [0.25, 0.3) is 0 Å². The fourth-order valence-corrected chi connectivity index (χ4v) is 3.75. The second-order valence-electron chi connectivity index (χ2n) is 6.51. The molecule has 30 heavy (non-hydrogen) atoms. The minimum Gasteiger partial charge on any atom is -1.00 e. The number of hydrogen-bond donors (Lipinski definition) is 0. The van der Waals surface area contributed by atoms with Crippen LogP contribution in [0.1, 0.15) is 21.7 Å². The number of pyridine rings is 1. The first-order chi connectivity index (χ1) is 14.0. The summed E-state index contributed by atoms with van der Waals surface area (Å²) in [4.78, 5) is 12.5. The average molecular weight is 524 g/mol. The summed E-state index contributed by atoms with van der Waals surface area (Å²) in [5.74, 6) is 0.120. The van der Waals surface area contributed by atoms with Crippen molar-refractivity contribution in [2.24, 2.45) is 0 Å². The van der Waals surface area contributed by atoms with Gasteiger partial charge in [-0.05, 0) is 48.6 Å². The van der Waals surface area contributed by atoms with Crippen molar-refractivity contribution in [3.63, 3.8) is 0 Å². The van der Waals surface area contributed by atoms with Gasteiger partial charge in [-0.3, -0.25) is 4.79 Å². The van der Waals surface area contributed by atoms with E-state index in [1.54, 1.807) is 18.2 Å². The highest BCUT2D eigenvalue weighted by atomic mass is 79.9. The van der Waals surface area contributed by atoms with Crippen LogP contribution < -0.4 is 17.0 Å². The second kappa shape index (κ2) is 9.80. The molecular formula is C23H15BrCl3NO2. The van der Waals surface area contributed by atoms with Gasteiger partial charge in [0.05, 0.1) is 10.0 Å². The molecule has 0 bridgehead atoms. The summed E-state index contributed by atoms with van der Waals surface area (Å²) in [5, 5.41) is 1.96. The van der Waals surface area contributed by atoms with E-state index in [0.717, 1.165) is 21.0 Å². The Kier molecular flexibility index (Phi) is 7.37. The van der Waals surface area contributed by atoms with Crippen LogP contribution in [0.2, 0.25) is 10.0 Å². The van der Waals surface area contributed by atoms with Crippen molar-refractivity contribution in [2.75, 3.05) is 0 Å². The smallest absolute Gasteiger partial charge is 0.221 e. The van der Waals surface area contributed by atoms with Crippen LogP contribution >= 0.6 is 39.1 Å². The van der Waals surface area contributed by atoms with Crippen LogP contribution in [-0.2, 0) is 6.54 Å². The van der Waals surface area contributed by atoms with Crippen LogP contribution in [0.5, 0.6) is 0 Å². The van der Waals surface area contributed by atoms with Gasteiger partial charge in [-0.15, -0.1) is 0 Å². The maximum Gasteiger partial charge on any atom is 0.221 e. The lowest BCUT2D eigenvalue weighted by atomic mass is 10.2. The van der Waals surface area contributed by atoms with Gasteiger partial charge in [-0.1, -0.05) is 51.3 Å². The second-order valence-corrected chi connectivity index (χ2v) is 8.21. The normalized spacial score (nSPS) is 11.0. The summed E-state index contributed by atoms with van der Waals surface area (Å²) in [7, 11) is 0. The highest BCUT2D eigenvalue weighted by Gasteiger charge is 2.12. The molecule has 0 fully saturated rings. The Balaban J connectivity index is 0.00000256. The molecule has 0 aliphatic carbocycles. The lowest BCUT2D eigenvalue weighted by Crippen LogP contribution is -3.00. The highest BCUT2D eigenvalue weighted by Crippen LogP contribution is 2.25. The minimum absolute atomic E-state index is 0. The lowest BCUT2D eigenvalue weighted by molar-refractivity contribution is -0.688. The first-order valence-electron chi connectivity index (χ1n) is 8.83. The van der Waals surface area contributed by atoms with Crippen LogP contribution in [0.25, 0.3) is 17.0 Å². The van der Waals surface area contributed by atoms with Crippen molar-refractivity contribution in [2.45, 2.75) is 6.54 Å². The fraction of sp³-hybridized carbons (Fsp3) is 0.0435. The fourth-order valence-electron chi connectivity index (χ4n) is 3.00. The zero-order chi connectivity index (χ0) is 20.4. The van der Waals surface area contributed by atoms with E-state index in [1.807, 2.05) is 59.4 Å². The van der Waals surface area contributed by atoms with E-state index < -0.39 is 0 Å².